The molecule has 8 heterocycles. The minimum Gasteiger partial charge on any atom is -0.200 e. The molecule has 20 aromatic rings. The van der Waals surface area contributed by atoms with Gasteiger partial charge in [0.05, 0.1) is 18.8 Å². The van der Waals surface area contributed by atoms with E-state index in [0.29, 0.717) is 5.56 Å². The number of nitrogens with zero attached hydrogens (tertiary/aromatic N) is 4. The van der Waals surface area contributed by atoms with Gasteiger partial charge in [0.25, 0.3) is 0 Å². The van der Waals surface area contributed by atoms with Crippen LogP contribution in [0.2, 0.25) is 0 Å². The van der Waals surface area contributed by atoms with Gasteiger partial charge in [0, 0.05) is 113 Å². The number of hydrogen-bond acceptors (Lipinski definition) is 4. The van der Waals surface area contributed by atoms with Crippen molar-refractivity contribution < 1.29 is 22.4 Å². The Kier molecular flexibility index (Phi) is 19.9. The van der Waals surface area contributed by atoms with Gasteiger partial charge in [-0.05, 0) is 174 Å². The highest BCUT2D eigenvalue weighted by Gasteiger charge is 2.23. The summed E-state index contributed by atoms with van der Waals surface area (Å²) in [5.41, 5.74) is 17.8. The van der Waals surface area contributed by atoms with E-state index in [-0.39, 0.29) is 29.7 Å². The van der Waals surface area contributed by atoms with Crippen LogP contribution in [0.15, 0.2) is 274 Å². The minimum absolute atomic E-state index is 0. The highest BCUT2D eigenvalue weighted by Crippen LogP contribution is 2.44. The van der Waals surface area contributed by atoms with Gasteiger partial charge in [0.1, 0.15) is 28.2 Å². The molecule has 0 spiro atoms. The Bertz CT molecular complexity index is 6970. The van der Waals surface area contributed by atoms with Crippen LogP contribution in [0.1, 0.15) is 72.8 Å². The topological polar surface area (TPSA) is 15.5 Å². The van der Waals surface area contributed by atoms with E-state index < -0.39 is 6.85 Å². The number of pyridine rings is 4. The zero-order valence-corrected chi connectivity index (χ0v) is 62.7. The van der Waals surface area contributed by atoms with Crippen LogP contribution in [0.4, 0.5) is 0 Å². The van der Waals surface area contributed by atoms with Crippen molar-refractivity contribution in [1.82, 2.24) is 0 Å². The molecule has 0 aliphatic carbocycles. The molecule has 20 rings (SSSR count). The SMILES string of the molecule is C.C.C.C.Cc1ccc(-c2cc3c(c[n+]2C)sc2cc4ccccc4cc23)c(C)c1.Cc1ccc(-c2cc3c(c[n+]2C)sc2ccc4ccccc4c23)c(C)c1.Cc1ccccc1-c1cc2c(c[n+]1C)sc1cc3ccccc3cc12.[2H]C([2H])([2H])c1ccc(-c2cc3c(c[n+]2C)sc2ccc4ccccc4c23)c(C)c1. The highest BCUT2D eigenvalue weighted by atomic mass is 32.1. The molecule has 0 aliphatic heterocycles. The standard InChI is InChI=1S/3C24H20NS.C23H18NS.4CH4/c2*1-15-8-10-18(16(2)12-15)21-13-20-23(14-25(21)3)26-22-11-9-17-6-4-5-7-19(17)24(20)22;1-15-8-9-19(16(2)10-15)22-13-21-20-11-17-6-4-5-7-18(17)12-23(20)26-24(21)14-25(22)3;1-15-7-3-6-10-18(15)21-13-20-19-11-16-8-4-5-9-17(16)12-22(19)25-23(20)14-24(21)2;;;;/h3*4-14H,1-3H3;3-14H,1-2H3;4*1H4/q4*+1;;;;/i1D3;;;;;;;. The van der Waals surface area contributed by atoms with Crippen LogP contribution >= 0.6 is 45.3 Å². The van der Waals surface area contributed by atoms with Crippen molar-refractivity contribution in [1.29, 1.82) is 0 Å². The van der Waals surface area contributed by atoms with Crippen LogP contribution in [0.3, 0.4) is 0 Å². The summed E-state index contributed by atoms with van der Waals surface area (Å²) in [6.45, 7) is 10.8. The van der Waals surface area contributed by atoms with Gasteiger partial charge in [0.15, 0.2) is 24.8 Å². The Hall–Kier alpha value is -10.8. The van der Waals surface area contributed by atoms with E-state index in [4.69, 9.17) is 4.11 Å². The quantitative estimate of drug-likeness (QED) is 0.156. The summed E-state index contributed by atoms with van der Waals surface area (Å²) in [7, 11) is 8.49. The number of rotatable bonds is 4. The highest BCUT2D eigenvalue weighted by molar-refractivity contribution is 7.27. The van der Waals surface area contributed by atoms with Gasteiger partial charge >= 0.3 is 0 Å². The van der Waals surface area contributed by atoms with Gasteiger partial charge in [-0.15, -0.1) is 45.3 Å². The molecule has 0 saturated heterocycles. The zero-order chi connectivity index (χ0) is 73.0. The lowest BCUT2D eigenvalue weighted by Gasteiger charge is -2.06. The molecule has 12 aromatic carbocycles. The first-order valence-electron chi connectivity index (χ1n) is 36.5. The number of aryl methyl sites for hydroxylation is 11. The molecular formula is C99H94N4S4+4. The average molecular weight is 1470 g/mol. The van der Waals surface area contributed by atoms with E-state index in [9.17, 15) is 0 Å². The number of benzene rings is 12. The Balaban J connectivity index is 0.000000127. The summed E-state index contributed by atoms with van der Waals surface area (Å²) < 4.78 is 42.5. The first-order valence-corrected chi connectivity index (χ1v) is 38.3. The van der Waals surface area contributed by atoms with E-state index in [1.54, 1.807) is 12.1 Å². The van der Waals surface area contributed by atoms with Crippen molar-refractivity contribution >= 4 is 169 Å². The maximum absolute atomic E-state index is 7.67. The maximum Gasteiger partial charge on any atom is 0.213 e. The fraction of sp³-hybridized carbons (Fsp3) is 0.152. The van der Waals surface area contributed by atoms with Gasteiger partial charge in [-0.25, -0.2) is 0 Å². The van der Waals surface area contributed by atoms with Gasteiger partial charge < -0.3 is 0 Å². The first-order chi connectivity index (χ1) is 51.2. The first kappa shape index (κ1) is 70.5. The third kappa shape index (κ3) is 13.7. The van der Waals surface area contributed by atoms with Crippen LogP contribution < -0.4 is 18.3 Å². The fourth-order valence-corrected chi connectivity index (χ4v) is 20.2. The smallest absolute Gasteiger partial charge is 0.200 e. The molecule has 0 radical (unpaired) electrons. The summed E-state index contributed by atoms with van der Waals surface area (Å²) in [5.74, 6) is 0. The molecule has 0 unspecified atom stereocenters. The summed E-state index contributed by atoms with van der Waals surface area (Å²) in [6, 6.07) is 89.5. The molecule has 0 aliphatic rings. The largest absolute Gasteiger partial charge is 0.213 e. The van der Waals surface area contributed by atoms with E-state index in [1.165, 1.54) is 185 Å². The number of aromatic nitrogens is 4. The van der Waals surface area contributed by atoms with E-state index in [1.807, 2.05) is 65.4 Å². The van der Waals surface area contributed by atoms with Crippen molar-refractivity contribution in [3.8, 4) is 45.0 Å². The summed E-state index contributed by atoms with van der Waals surface area (Å²) in [4.78, 5) is 0. The van der Waals surface area contributed by atoms with Crippen molar-refractivity contribution in [3.05, 3.63) is 312 Å². The second-order valence-corrected chi connectivity index (χ2v) is 32.1. The molecule has 530 valence electrons. The van der Waals surface area contributed by atoms with Crippen LogP contribution in [0.25, 0.3) is 169 Å². The van der Waals surface area contributed by atoms with Crippen molar-refractivity contribution in [2.24, 2.45) is 28.2 Å². The van der Waals surface area contributed by atoms with Crippen LogP contribution in [-0.2, 0) is 28.2 Å². The lowest BCUT2D eigenvalue weighted by atomic mass is 10.00. The lowest BCUT2D eigenvalue weighted by Crippen LogP contribution is -2.30. The average Bonchev–Trinajstić information content (AvgIpc) is 1.59. The van der Waals surface area contributed by atoms with Gasteiger partial charge in [-0.3, -0.25) is 0 Å². The molecule has 4 nitrogen and oxygen atoms in total. The van der Waals surface area contributed by atoms with Crippen LogP contribution in [-0.4, -0.2) is 0 Å². The molecule has 0 bridgehead atoms. The van der Waals surface area contributed by atoms with Crippen LogP contribution in [0, 0.1) is 48.4 Å². The van der Waals surface area contributed by atoms with Gasteiger partial charge in [0.2, 0.25) is 22.8 Å². The molecule has 8 aromatic heterocycles. The number of fused-ring (bicyclic) bond motifs is 18. The maximum atomic E-state index is 7.67. The lowest BCUT2D eigenvalue weighted by molar-refractivity contribution is -0.659. The summed E-state index contributed by atoms with van der Waals surface area (Å²) >= 11 is 7.45. The monoisotopic (exact) mass is 1470 g/mol. The second-order valence-electron chi connectivity index (χ2n) is 27.8. The summed E-state index contributed by atoms with van der Waals surface area (Å²) in [6.07, 6.45) is 9.01. The van der Waals surface area contributed by atoms with Gasteiger partial charge in [-0.2, -0.15) is 18.3 Å². The van der Waals surface area contributed by atoms with Crippen molar-refractivity contribution in [2.45, 2.75) is 78.1 Å². The molecule has 0 amide bonds. The molecule has 107 heavy (non-hydrogen) atoms. The predicted molar refractivity (Wildman–Crippen MR) is 474 cm³/mol. The normalized spacial score (nSPS) is 11.7. The van der Waals surface area contributed by atoms with Crippen molar-refractivity contribution in [3.63, 3.8) is 0 Å². The molecule has 0 saturated carbocycles. The fourth-order valence-electron chi connectivity index (χ4n) is 15.5. The molecular weight excluding hydrogens is 1370 g/mol. The number of thiophene rings is 4. The summed E-state index contributed by atoms with van der Waals surface area (Å²) in [5, 5.41) is 21.1. The Morgan fingerprint density at radius 1 is 0.234 bits per heavy atom. The molecule has 8 heteroatoms. The molecule has 0 atom stereocenters. The van der Waals surface area contributed by atoms with E-state index in [2.05, 4.69) is 329 Å². The van der Waals surface area contributed by atoms with E-state index >= 15 is 0 Å². The second kappa shape index (κ2) is 30.2. The van der Waals surface area contributed by atoms with E-state index in [0.717, 1.165) is 16.8 Å². The number of hydrogen-bond donors (Lipinski definition) is 0. The van der Waals surface area contributed by atoms with Crippen LogP contribution in [0.5, 0.6) is 0 Å². The Morgan fingerprint density at radius 2 is 0.533 bits per heavy atom. The third-order valence-electron chi connectivity index (χ3n) is 20.7. The zero-order valence-electron chi connectivity index (χ0n) is 62.4. The predicted octanol–water partition coefficient (Wildman–Crippen LogP) is 27.5. The molecule has 0 fully saturated rings. The minimum atomic E-state index is -2.09. The Labute approximate surface area is 650 Å². The molecule has 0 N–H and O–H groups in total. The van der Waals surface area contributed by atoms with Gasteiger partial charge in [-0.1, -0.05) is 210 Å². The Morgan fingerprint density at radius 3 is 0.916 bits per heavy atom. The third-order valence-corrected chi connectivity index (χ3v) is 25.1. The van der Waals surface area contributed by atoms with Crippen molar-refractivity contribution in [2.75, 3.05) is 0 Å².